The van der Waals surface area contributed by atoms with Crippen molar-refractivity contribution in [1.29, 1.82) is 0 Å². The molecule has 0 aromatic heterocycles. The molecule has 0 bridgehead atoms. The second-order valence-corrected chi connectivity index (χ2v) is 4.50. The van der Waals surface area contributed by atoms with Crippen molar-refractivity contribution < 1.29 is 9.90 Å². The first-order valence-electron chi connectivity index (χ1n) is 6.08. The number of nitrogens with zero attached hydrogens (tertiary/aromatic N) is 1. The molecule has 1 heterocycles. The molecule has 3 nitrogen and oxygen atoms in total. The Morgan fingerprint density at radius 3 is 2.93 bits per heavy atom. The number of hydrogen-bond donors (Lipinski definition) is 1. The summed E-state index contributed by atoms with van der Waals surface area (Å²) < 4.78 is 0. The Balaban J connectivity index is 2.17. The van der Waals surface area contributed by atoms with Crippen molar-refractivity contribution in [3.63, 3.8) is 0 Å². The van der Waals surface area contributed by atoms with Gasteiger partial charge in [0.1, 0.15) is 5.78 Å². The van der Waals surface area contributed by atoms with Crippen LogP contribution in [0.2, 0.25) is 0 Å². The molecular weight excluding hydrogens is 190 g/mol. The monoisotopic (exact) mass is 213 g/mol. The van der Waals surface area contributed by atoms with Crippen LogP contribution in [0.3, 0.4) is 0 Å². The normalized spacial score (nSPS) is 22.1. The van der Waals surface area contributed by atoms with Gasteiger partial charge in [-0.2, -0.15) is 0 Å². The highest BCUT2D eigenvalue weighted by Gasteiger charge is 2.23. The van der Waals surface area contributed by atoms with Crippen LogP contribution in [0.1, 0.15) is 45.4 Å². The van der Waals surface area contributed by atoms with Gasteiger partial charge in [-0.05, 0) is 52.1 Å². The topological polar surface area (TPSA) is 40.5 Å². The minimum absolute atomic E-state index is 0.293. The molecule has 0 aromatic rings. The number of ketones is 1. The van der Waals surface area contributed by atoms with E-state index in [1.54, 1.807) is 6.92 Å². The lowest BCUT2D eigenvalue weighted by Gasteiger charge is -2.23. The van der Waals surface area contributed by atoms with Gasteiger partial charge in [-0.3, -0.25) is 0 Å². The quantitative estimate of drug-likeness (QED) is 0.698. The number of aliphatic hydroxyl groups is 1. The van der Waals surface area contributed by atoms with Crippen molar-refractivity contribution in [1.82, 2.24) is 4.90 Å². The summed E-state index contributed by atoms with van der Waals surface area (Å²) in [4.78, 5) is 13.3. The average molecular weight is 213 g/mol. The summed E-state index contributed by atoms with van der Waals surface area (Å²) in [5, 5.41) is 8.80. The molecule has 0 amide bonds. The standard InChI is InChI=1S/C12H23NO2/c1-11(15)5-2-8-13-9-3-6-12(13)7-4-10-14/h12,14H,2-10H2,1H3. The van der Waals surface area contributed by atoms with Gasteiger partial charge in [0.05, 0.1) is 0 Å². The van der Waals surface area contributed by atoms with E-state index in [4.69, 9.17) is 5.11 Å². The zero-order chi connectivity index (χ0) is 11.1. The van der Waals surface area contributed by atoms with Crippen molar-refractivity contribution in [2.75, 3.05) is 19.7 Å². The van der Waals surface area contributed by atoms with Crippen LogP contribution in [-0.4, -0.2) is 41.5 Å². The van der Waals surface area contributed by atoms with Crippen molar-refractivity contribution >= 4 is 5.78 Å². The van der Waals surface area contributed by atoms with Crippen LogP contribution in [0.5, 0.6) is 0 Å². The molecule has 1 atom stereocenters. The van der Waals surface area contributed by atoms with Gasteiger partial charge < -0.3 is 14.8 Å². The predicted molar refractivity (Wildman–Crippen MR) is 60.8 cm³/mol. The number of carbonyl (C=O) groups excluding carboxylic acids is 1. The molecule has 15 heavy (non-hydrogen) atoms. The fourth-order valence-corrected chi connectivity index (χ4v) is 2.37. The first-order valence-corrected chi connectivity index (χ1v) is 6.08. The lowest BCUT2D eigenvalue weighted by Crippen LogP contribution is -2.30. The Morgan fingerprint density at radius 2 is 2.27 bits per heavy atom. The zero-order valence-electron chi connectivity index (χ0n) is 9.74. The Labute approximate surface area is 92.5 Å². The van der Waals surface area contributed by atoms with Gasteiger partial charge in [-0.15, -0.1) is 0 Å². The van der Waals surface area contributed by atoms with Crippen LogP contribution in [0, 0.1) is 0 Å². The molecule has 1 N–H and O–H groups in total. The lowest BCUT2D eigenvalue weighted by molar-refractivity contribution is -0.117. The second-order valence-electron chi connectivity index (χ2n) is 4.50. The smallest absolute Gasteiger partial charge is 0.129 e. The summed E-state index contributed by atoms with van der Waals surface area (Å²) in [5.74, 6) is 0.293. The third-order valence-electron chi connectivity index (χ3n) is 3.17. The van der Waals surface area contributed by atoms with Crippen molar-refractivity contribution in [3.8, 4) is 0 Å². The summed E-state index contributed by atoms with van der Waals surface area (Å²) in [6, 6.07) is 0.657. The Kier molecular flexibility index (Phi) is 5.88. The Morgan fingerprint density at radius 1 is 1.47 bits per heavy atom. The summed E-state index contributed by atoms with van der Waals surface area (Å²) in [5.41, 5.74) is 0. The molecule has 3 heteroatoms. The molecule has 0 aromatic carbocycles. The molecule has 1 aliphatic rings. The second kappa shape index (κ2) is 6.96. The minimum atomic E-state index is 0.293. The third kappa shape index (κ3) is 4.76. The average Bonchev–Trinajstić information content (AvgIpc) is 2.62. The first-order chi connectivity index (χ1) is 7.24. The van der Waals surface area contributed by atoms with E-state index in [1.165, 1.54) is 19.4 Å². The third-order valence-corrected chi connectivity index (χ3v) is 3.17. The molecule has 88 valence electrons. The van der Waals surface area contributed by atoms with Crippen LogP contribution in [0.25, 0.3) is 0 Å². The summed E-state index contributed by atoms with van der Waals surface area (Å²) in [6.07, 6.45) is 6.26. The van der Waals surface area contributed by atoms with Gasteiger partial charge >= 0.3 is 0 Å². The number of likely N-dealkylation sites (tertiary alicyclic amines) is 1. The summed E-state index contributed by atoms with van der Waals surface area (Å²) in [6.45, 7) is 4.19. The number of aliphatic hydroxyl groups excluding tert-OH is 1. The first kappa shape index (κ1) is 12.7. The lowest BCUT2D eigenvalue weighted by atomic mass is 10.1. The fourth-order valence-electron chi connectivity index (χ4n) is 2.37. The highest BCUT2D eigenvalue weighted by molar-refractivity contribution is 5.75. The van der Waals surface area contributed by atoms with Gasteiger partial charge in [0.2, 0.25) is 0 Å². The van der Waals surface area contributed by atoms with E-state index < -0.39 is 0 Å². The number of hydrogen-bond acceptors (Lipinski definition) is 3. The molecule has 1 fully saturated rings. The van der Waals surface area contributed by atoms with Gasteiger partial charge in [0.15, 0.2) is 0 Å². The number of carbonyl (C=O) groups is 1. The number of Topliss-reactive ketones (excluding diaryl/α,β-unsaturated/α-hetero) is 1. The van der Waals surface area contributed by atoms with Crippen LogP contribution >= 0.6 is 0 Å². The van der Waals surface area contributed by atoms with Gasteiger partial charge in [0, 0.05) is 19.1 Å². The molecule has 1 unspecified atom stereocenters. The number of rotatable bonds is 7. The van der Waals surface area contributed by atoms with E-state index in [0.29, 0.717) is 24.9 Å². The van der Waals surface area contributed by atoms with Crippen molar-refractivity contribution in [3.05, 3.63) is 0 Å². The van der Waals surface area contributed by atoms with Crippen molar-refractivity contribution in [2.24, 2.45) is 0 Å². The molecule has 0 spiro atoms. The van der Waals surface area contributed by atoms with E-state index in [-0.39, 0.29) is 0 Å². The molecule has 0 radical (unpaired) electrons. The summed E-state index contributed by atoms with van der Waals surface area (Å²) in [7, 11) is 0. The molecule has 0 saturated carbocycles. The molecular formula is C12H23NO2. The molecule has 0 aliphatic carbocycles. The van der Waals surface area contributed by atoms with E-state index in [1.807, 2.05) is 0 Å². The van der Waals surface area contributed by atoms with Crippen molar-refractivity contribution in [2.45, 2.75) is 51.5 Å². The molecule has 1 rings (SSSR count). The minimum Gasteiger partial charge on any atom is -0.396 e. The van der Waals surface area contributed by atoms with Gasteiger partial charge in [-0.25, -0.2) is 0 Å². The maximum atomic E-state index is 10.8. The SMILES string of the molecule is CC(=O)CCCN1CCCC1CCCO. The Bertz CT molecular complexity index is 194. The van der Waals surface area contributed by atoms with E-state index in [2.05, 4.69) is 4.90 Å². The van der Waals surface area contributed by atoms with Gasteiger partial charge in [-0.1, -0.05) is 0 Å². The van der Waals surface area contributed by atoms with E-state index >= 15 is 0 Å². The summed E-state index contributed by atoms with van der Waals surface area (Å²) >= 11 is 0. The van der Waals surface area contributed by atoms with E-state index in [9.17, 15) is 4.79 Å². The predicted octanol–water partition coefficient (Wildman–Crippen LogP) is 1.59. The van der Waals surface area contributed by atoms with Crippen LogP contribution in [0.4, 0.5) is 0 Å². The molecule has 1 saturated heterocycles. The van der Waals surface area contributed by atoms with Crippen LogP contribution < -0.4 is 0 Å². The Hall–Kier alpha value is -0.410. The highest BCUT2D eigenvalue weighted by Crippen LogP contribution is 2.21. The fraction of sp³-hybridized carbons (Fsp3) is 0.917. The van der Waals surface area contributed by atoms with Crippen LogP contribution in [-0.2, 0) is 4.79 Å². The molecule has 1 aliphatic heterocycles. The maximum absolute atomic E-state index is 10.8. The van der Waals surface area contributed by atoms with Gasteiger partial charge in [0.25, 0.3) is 0 Å². The highest BCUT2D eigenvalue weighted by atomic mass is 16.2. The van der Waals surface area contributed by atoms with E-state index in [0.717, 1.165) is 25.8 Å². The largest absolute Gasteiger partial charge is 0.396 e. The maximum Gasteiger partial charge on any atom is 0.129 e. The van der Waals surface area contributed by atoms with Crippen LogP contribution in [0.15, 0.2) is 0 Å². The zero-order valence-corrected chi connectivity index (χ0v) is 9.74.